The molecule has 1 aliphatic rings. The minimum Gasteiger partial charge on any atom is -0.300 e. The lowest BCUT2D eigenvalue weighted by Gasteiger charge is -2.14. The fourth-order valence-electron chi connectivity index (χ4n) is 3.13. The van der Waals surface area contributed by atoms with E-state index in [-0.39, 0.29) is 0 Å². The van der Waals surface area contributed by atoms with E-state index in [1.807, 2.05) is 0 Å². The number of hydrogen-bond donors (Lipinski definition) is 0. The fraction of sp³-hybridized carbons (Fsp3) is 0.947. The van der Waals surface area contributed by atoms with Crippen molar-refractivity contribution < 1.29 is 4.79 Å². The van der Waals surface area contributed by atoms with Crippen LogP contribution in [0.2, 0.25) is 0 Å². The van der Waals surface area contributed by atoms with Gasteiger partial charge in [-0.15, -0.1) is 0 Å². The molecule has 2 heteroatoms. The summed E-state index contributed by atoms with van der Waals surface area (Å²) in [5.41, 5.74) is 0. The molecule has 0 amide bonds. The van der Waals surface area contributed by atoms with Crippen LogP contribution in [-0.4, -0.2) is 16.8 Å². The van der Waals surface area contributed by atoms with Crippen molar-refractivity contribution in [2.45, 2.75) is 108 Å². The Labute approximate surface area is 137 Å². The summed E-state index contributed by atoms with van der Waals surface area (Å²) in [4.78, 5) is 12.1. The van der Waals surface area contributed by atoms with Crippen molar-refractivity contribution in [3.63, 3.8) is 0 Å². The minimum atomic E-state index is 0.528. The molecule has 0 N–H and O–H groups in total. The van der Waals surface area contributed by atoms with Crippen LogP contribution in [0.15, 0.2) is 0 Å². The number of ketones is 1. The molecule has 1 heterocycles. The summed E-state index contributed by atoms with van der Waals surface area (Å²) in [6.07, 6.45) is 19.0. The third-order valence-electron chi connectivity index (χ3n) is 4.54. The minimum absolute atomic E-state index is 0.528. The van der Waals surface area contributed by atoms with Gasteiger partial charge in [-0.05, 0) is 25.0 Å². The smallest absolute Gasteiger partial charge is 0.134 e. The van der Waals surface area contributed by atoms with E-state index in [1.54, 1.807) is 0 Å². The second kappa shape index (κ2) is 13.7. The normalized spacial score (nSPS) is 20.5. The van der Waals surface area contributed by atoms with Crippen LogP contribution in [0, 0.1) is 0 Å². The molecule has 0 aromatic rings. The van der Waals surface area contributed by atoms with Crippen LogP contribution in [0.4, 0.5) is 0 Å². The van der Waals surface area contributed by atoms with Gasteiger partial charge in [0.05, 0.1) is 0 Å². The van der Waals surface area contributed by atoms with E-state index in [4.69, 9.17) is 0 Å². The summed E-state index contributed by atoms with van der Waals surface area (Å²) in [7, 11) is 0. The van der Waals surface area contributed by atoms with Crippen LogP contribution in [0.5, 0.6) is 0 Å². The van der Waals surface area contributed by atoms with Crippen molar-refractivity contribution in [1.82, 2.24) is 0 Å². The van der Waals surface area contributed by atoms with E-state index >= 15 is 0 Å². The third-order valence-corrected chi connectivity index (χ3v) is 5.94. The van der Waals surface area contributed by atoms with Crippen LogP contribution in [0.3, 0.4) is 0 Å². The van der Waals surface area contributed by atoms with E-state index < -0.39 is 0 Å². The predicted octanol–water partition coefficient (Wildman–Crippen LogP) is 6.54. The lowest BCUT2D eigenvalue weighted by Crippen LogP contribution is -2.11. The monoisotopic (exact) mass is 312 g/mol. The van der Waals surface area contributed by atoms with Crippen LogP contribution in [0.1, 0.15) is 103 Å². The van der Waals surface area contributed by atoms with Gasteiger partial charge in [0.15, 0.2) is 0 Å². The Balaban J connectivity index is 2.03. The maximum absolute atomic E-state index is 12.1. The third kappa shape index (κ3) is 11.3. The molecule has 0 aromatic carbocycles. The second-order valence-corrected chi connectivity index (χ2v) is 8.07. The Kier molecular flexibility index (Phi) is 12.4. The molecule has 1 unspecified atom stereocenters. The number of rotatable bonds is 10. The van der Waals surface area contributed by atoms with Gasteiger partial charge in [-0.25, -0.2) is 0 Å². The summed E-state index contributed by atoms with van der Waals surface area (Å²) >= 11 is 2.07. The number of carbonyl (C=O) groups excluding carboxylic acids is 1. The standard InChI is InChI=1S/C19H36OS/c1-2-3-4-5-6-8-11-14-18(20)17-19-15-12-9-7-10-13-16-21-19/h19H,2-17H2,1H3. The van der Waals surface area contributed by atoms with E-state index in [0.717, 1.165) is 19.3 Å². The highest BCUT2D eigenvalue weighted by Crippen LogP contribution is 2.26. The van der Waals surface area contributed by atoms with Crippen LogP contribution in [-0.2, 0) is 4.79 Å². The SMILES string of the molecule is CCCCCCCCCC(=O)CC1CCCCCCCS1. The maximum Gasteiger partial charge on any atom is 0.134 e. The van der Waals surface area contributed by atoms with Gasteiger partial charge in [-0.1, -0.05) is 71.1 Å². The molecule has 0 radical (unpaired) electrons. The van der Waals surface area contributed by atoms with Crippen molar-refractivity contribution >= 4 is 17.5 Å². The largest absolute Gasteiger partial charge is 0.300 e. The maximum atomic E-state index is 12.1. The van der Waals surface area contributed by atoms with Gasteiger partial charge in [0.1, 0.15) is 5.78 Å². The van der Waals surface area contributed by atoms with Crippen molar-refractivity contribution in [3.05, 3.63) is 0 Å². The first-order valence-corrected chi connectivity index (χ1v) is 10.5. The molecule has 1 rings (SSSR count). The zero-order valence-electron chi connectivity index (χ0n) is 14.2. The van der Waals surface area contributed by atoms with E-state index in [1.165, 1.54) is 82.8 Å². The van der Waals surface area contributed by atoms with Gasteiger partial charge in [-0.3, -0.25) is 4.79 Å². The first-order chi connectivity index (χ1) is 10.3. The lowest BCUT2D eigenvalue weighted by molar-refractivity contribution is -0.119. The summed E-state index contributed by atoms with van der Waals surface area (Å²) in [5, 5.41) is 0.625. The highest BCUT2D eigenvalue weighted by molar-refractivity contribution is 7.99. The number of unbranched alkanes of at least 4 members (excludes halogenated alkanes) is 6. The number of carbonyl (C=O) groups is 1. The predicted molar refractivity (Wildman–Crippen MR) is 96.2 cm³/mol. The summed E-state index contributed by atoms with van der Waals surface area (Å²) < 4.78 is 0. The van der Waals surface area contributed by atoms with Gasteiger partial charge in [0.25, 0.3) is 0 Å². The lowest BCUT2D eigenvalue weighted by atomic mass is 10.0. The molecule has 1 saturated heterocycles. The molecule has 0 aliphatic carbocycles. The summed E-state index contributed by atoms with van der Waals surface area (Å²) in [5.74, 6) is 1.80. The van der Waals surface area contributed by atoms with Gasteiger partial charge in [0, 0.05) is 18.1 Å². The Morgan fingerprint density at radius 3 is 2.38 bits per heavy atom. The van der Waals surface area contributed by atoms with Gasteiger partial charge < -0.3 is 0 Å². The average Bonchev–Trinajstić information content (AvgIpc) is 2.60. The van der Waals surface area contributed by atoms with Crippen molar-refractivity contribution in [1.29, 1.82) is 0 Å². The number of thioether (sulfide) groups is 1. The first-order valence-electron chi connectivity index (χ1n) is 9.46. The van der Waals surface area contributed by atoms with Gasteiger partial charge >= 0.3 is 0 Å². The van der Waals surface area contributed by atoms with Crippen molar-refractivity contribution in [2.24, 2.45) is 0 Å². The average molecular weight is 313 g/mol. The second-order valence-electron chi connectivity index (χ2n) is 6.66. The Bertz CT molecular complexity index is 242. The van der Waals surface area contributed by atoms with Gasteiger partial charge in [-0.2, -0.15) is 11.8 Å². The Morgan fingerprint density at radius 2 is 1.57 bits per heavy atom. The zero-order chi connectivity index (χ0) is 15.2. The molecule has 124 valence electrons. The number of Topliss-reactive ketones (excluding diaryl/α,β-unsaturated/α-hetero) is 1. The van der Waals surface area contributed by atoms with Crippen molar-refractivity contribution in [2.75, 3.05) is 5.75 Å². The molecule has 0 aromatic heterocycles. The van der Waals surface area contributed by atoms with Crippen molar-refractivity contribution in [3.8, 4) is 0 Å². The molecule has 0 saturated carbocycles. The zero-order valence-corrected chi connectivity index (χ0v) is 15.0. The summed E-state index contributed by atoms with van der Waals surface area (Å²) in [6.45, 7) is 2.26. The molecule has 0 spiro atoms. The van der Waals surface area contributed by atoms with E-state index in [9.17, 15) is 4.79 Å². The quantitative estimate of drug-likeness (QED) is 0.426. The summed E-state index contributed by atoms with van der Waals surface area (Å²) in [6, 6.07) is 0. The molecule has 1 aliphatic heterocycles. The molecule has 21 heavy (non-hydrogen) atoms. The molecular formula is C19H36OS. The molecule has 1 nitrogen and oxygen atoms in total. The first kappa shape index (κ1) is 19.1. The molecule has 0 bridgehead atoms. The van der Waals surface area contributed by atoms with Crippen LogP contribution in [0.25, 0.3) is 0 Å². The topological polar surface area (TPSA) is 17.1 Å². The van der Waals surface area contributed by atoms with E-state index in [2.05, 4.69) is 18.7 Å². The van der Waals surface area contributed by atoms with Crippen LogP contribution < -0.4 is 0 Å². The van der Waals surface area contributed by atoms with Crippen LogP contribution >= 0.6 is 11.8 Å². The van der Waals surface area contributed by atoms with Gasteiger partial charge in [0.2, 0.25) is 0 Å². The van der Waals surface area contributed by atoms with E-state index in [0.29, 0.717) is 11.0 Å². The molecule has 1 atom stereocenters. The fourth-order valence-corrected chi connectivity index (χ4v) is 4.48. The Morgan fingerprint density at radius 1 is 0.905 bits per heavy atom. The molecule has 1 fully saturated rings. The Hall–Kier alpha value is 0.0200. The molecular weight excluding hydrogens is 276 g/mol. The highest BCUT2D eigenvalue weighted by Gasteiger charge is 2.15. The highest BCUT2D eigenvalue weighted by atomic mass is 32.2. The number of hydrogen-bond acceptors (Lipinski definition) is 2.